The van der Waals surface area contributed by atoms with E-state index < -0.39 is 11.9 Å². The molecule has 0 amide bonds. The van der Waals surface area contributed by atoms with Crippen molar-refractivity contribution < 1.29 is 13.2 Å². The van der Waals surface area contributed by atoms with Gasteiger partial charge in [0.2, 0.25) is 0 Å². The van der Waals surface area contributed by atoms with Gasteiger partial charge in [-0.15, -0.1) is 0 Å². The number of halogens is 6. The minimum atomic E-state index is -4.49. The van der Waals surface area contributed by atoms with E-state index in [4.69, 9.17) is 23.2 Å². The molecular weight excluding hydrogens is 403 g/mol. The second-order valence-corrected chi connectivity index (χ2v) is 5.23. The molecule has 8 heteroatoms. The Labute approximate surface area is 124 Å². The van der Waals surface area contributed by atoms with Crippen LogP contribution in [0.4, 0.5) is 13.2 Å². The Kier molecular flexibility index (Phi) is 3.80. The number of rotatable bonds is 1. The zero-order chi connectivity index (χ0) is 13.5. The molecule has 0 atom stereocenters. The lowest BCUT2D eigenvalue weighted by Crippen LogP contribution is -2.07. The van der Waals surface area contributed by atoms with Crippen LogP contribution in [0.1, 0.15) is 5.69 Å². The van der Waals surface area contributed by atoms with Gasteiger partial charge in [0, 0.05) is 6.07 Å². The minimum Gasteiger partial charge on any atom is -0.225 e. The first-order valence-corrected chi connectivity index (χ1v) is 6.41. The summed E-state index contributed by atoms with van der Waals surface area (Å²) in [5.74, 6) is 0. The zero-order valence-electron chi connectivity index (χ0n) is 8.47. The fourth-order valence-electron chi connectivity index (χ4n) is 1.32. The summed E-state index contributed by atoms with van der Waals surface area (Å²) < 4.78 is 39.0. The van der Waals surface area contributed by atoms with E-state index in [0.29, 0.717) is 9.39 Å². The Morgan fingerprint density at radius 2 is 1.89 bits per heavy atom. The third-order valence-electron chi connectivity index (χ3n) is 2.12. The lowest BCUT2D eigenvalue weighted by molar-refractivity contribution is -0.141. The first kappa shape index (κ1) is 14.0. The van der Waals surface area contributed by atoms with E-state index in [9.17, 15) is 13.2 Å². The van der Waals surface area contributed by atoms with E-state index in [0.717, 1.165) is 10.7 Å². The first-order valence-electron chi connectivity index (χ1n) is 4.58. The zero-order valence-corrected chi connectivity index (χ0v) is 12.1. The van der Waals surface area contributed by atoms with Crippen LogP contribution in [0.5, 0.6) is 0 Å². The predicted molar refractivity (Wildman–Crippen MR) is 71.3 cm³/mol. The van der Waals surface area contributed by atoms with Crippen molar-refractivity contribution in [1.29, 1.82) is 0 Å². The summed E-state index contributed by atoms with van der Waals surface area (Å²) in [6, 6.07) is 5.63. The van der Waals surface area contributed by atoms with Crippen LogP contribution in [-0.4, -0.2) is 9.78 Å². The lowest BCUT2D eigenvalue weighted by Gasteiger charge is -2.07. The Morgan fingerprint density at radius 1 is 1.22 bits per heavy atom. The van der Waals surface area contributed by atoms with Gasteiger partial charge in [-0.25, -0.2) is 4.68 Å². The number of hydrogen-bond donors (Lipinski definition) is 0. The molecule has 1 heterocycles. The molecule has 0 aliphatic carbocycles. The molecule has 18 heavy (non-hydrogen) atoms. The molecule has 2 aromatic rings. The fourth-order valence-corrected chi connectivity index (χ4v) is 2.36. The van der Waals surface area contributed by atoms with Gasteiger partial charge in [-0.3, -0.25) is 0 Å². The summed E-state index contributed by atoms with van der Waals surface area (Å²) in [6.45, 7) is 0. The average molecular weight is 407 g/mol. The molecule has 1 aromatic carbocycles. The summed E-state index contributed by atoms with van der Waals surface area (Å²) >= 11 is 13.5. The maximum absolute atomic E-state index is 12.5. The van der Waals surface area contributed by atoms with Crippen LogP contribution in [0.2, 0.25) is 10.0 Å². The van der Waals surface area contributed by atoms with E-state index in [1.807, 2.05) is 0 Å². The highest BCUT2D eigenvalue weighted by atomic mass is 127. The number of benzene rings is 1. The molecule has 96 valence electrons. The smallest absolute Gasteiger partial charge is 0.225 e. The van der Waals surface area contributed by atoms with Gasteiger partial charge in [0.15, 0.2) is 5.69 Å². The van der Waals surface area contributed by atoms with Gasteiger partial charge in [-0.05, 0) is 34.7 Å². The van der Waals surface area contributed by atoms with Crippen LogP contribution in [0.3, 0.4) is 0 Å². The van der Waals surface area contributed by atoms with Crippen molar-refractivity contribution in [3.05, 3.63) is 43.7 Å². The van der Waals surface area contributed by atoms with Crippen molar-refractivity contribution in [3.63, 3.8) is 0 Å². The average Bonchev–Trinajstić information content (AvgIpc) is 2.64. The monoisotopic (exact) mass is 406 g/mol. The predicted octanol–water partition coefficient (Wildman–Crippen LogP) is 4.80. The van der Waals surface area contributed by atoms with Gasteiger partial charge < -0.3 is 0 Å². The molecule has 0 fully saturated rings. The quantitative estimate of drug-likeness (QED) is 0.622. The highest BCUT2D eigenvalue weighted by molar-refractivity contribution is 14.1. The Morgan fingerprint density at radius 3 is 2.44 bits per heavy atom. The third-order valence-corrected chi connectivity index (χ3v) is 3.69. The highest BCUT2D eigenvalue weighted by Crippen LogP contribution is 2.33. The third kappa shape index (κ3) is 2.60. The Hall–Kier alpha value is -0.470. The number of aromatic nitrogens is 2. The molecule has 2 nitrogen and oxygen atoms in total. The van der Waals surface area contributed by atoms with E-state index >= 15 is 0 Å². The number of hydrogen-bond acceptors (Lipinski definition) is 1. The molecule has 0 N–H and O–H groups in total. The summed E-state index contributed by atoms with van der Waals surface area (Å²) in [7, 11) is 0. The van der Waals surface area contributed by atoms with Crippen LogP contribution in [0.15, 0.2) is 24.3 Å². The highest BCUT2D eigenvalue weighted by Gasteiger charge is 2.35. The van der Waals surface area contributed by atoms with Crippen molar-refractivity contribution >= 4 is 45.8 Å². The molecule has 0 unspecified atom stereocenters. The van der Waals surface area contributed by atoms with Crippen molar-refractivity contribution in [3.8, 4) is 5.69 Å². The van der Waals surface area contributed by atoms with Crippen LogP contribution in [0.25, 0.3) is 5.69 Å². The van der Waals surface area contributed by atoms with Gasteiger partial charge in [0.1, 0.15) is 3.70 Å². The molecule has 0 aliphatic heterocycles. The Balaban J connectivity index is 2.58. The molecule has 0 bridgehead atoms. The number of nitrogens with zero attached hydrogens (tertiary/aromatic N) is 2. The van der Waals surface area contributed by atoms with Gasteiger partial charge >= 0.3 is 6.18 Å². The molecule has 0 aliphatic rings. The van der Waals surface area contributed by atoms with E-state index in [2.05, 4.69) is 5.10 Å². The molecule has 2 rings (SSSR count). The summed E-state index contributed by atoms with van der Waals surface area (Å²) in [6.07, 6.45) is -4.49. The van der Waals surface area contributed by atoms with Crippen LogP contribution < -0.4 is 0 Å². The van der Waals surface area contributed by atoms with Gasteiger partial charge in [0.05, 0.1) is 15.7 Å². The second-order valence-electron chi connectivity index (χ2n) is 3.33. The molecular formula is C10H4Cl2F3IN2. The maximum Gasteiger partial charge on any atom is 0.435 e. The minimum absolute atomic E-state index is 0.161. The SMILES string of the molecule is FC(F)(F)c1cc(I)n(-c2cccc(Cl)c2Cl)n1. The van der Waals surface area contributed by atoms with Crippen molar-refractivity contribution in [2.75, 3.05) is 0 Å². The van der Waals surface area contributed by atoms with E-state index in [-0.39, 0.29) is 10.0 Å². The first-order chi connectivity index (χ1) is 8.30. The van der Waals surface area contributed by atoms with Gasteiger partial charge in [0.25, 0.3) is 0 Å². The van der Waals surface area contributed by atoms with Crippen molar-refractivity contribution in [2.24, 2.45) is 0 Å². The maximum atomic E-state index is 12.5. The lowest BCUT2D eigenvalue weighted by atomic mass is 10.3. The summed E-state index contributed by atoms with van der Waals surface area (Å²) in [4.78, 5) is 0. The van der Waals surface area contributed by atoms with Crippen molar-refractivity contribution in [2.45, 2.75) is 6.18 Å². The summed E-state index contributed by atoms with van der Waals surface area (Å²) in [5, 5.41) is 3.91. The fraction of sp³-hybridized carbons (Fsp3) is 0.100. The van der Waals surface area contributed by atoms with E-state index in [1.54, 1.807) is 40.8 Å². The molecule has 1 aromatic heterocycles. The normalized spacial score (nSPS) is 11.9. The van der Waals surface area contributed by atoms with Gasteiger partial charge in [-0.2, -0.15) is 18.3 Å². The van der Waals surface area contributed by atoms with Crippen LogP contribution in [0, 0.1) is 3.70 Å². The molecule has 0 radical (unpaired) electrons. The van der Waals surface area contributed by atoms with E-state index in [1.165, 1.54) is 0 Å². The van der Waals surface area contributed by atoms with Crippen LogP contribution in [-0.2, 0) is 6.18 Å². The van der Waals surface area contributed by atoms with Crippen molar-refractivity contribution in [1.82, 2.24) is 9.78 Å². The molecule has 0 spiro atoms. The van der Waals surface area contributed by atoms with Gasteiger partial charge in [-0.1, -0.05) is 29.3 Å². The topological polar surface area (TPSA) is 17.8 Å². The number of alkyl halides is 3. The summed E-state index contributed by atoms with van der Waals surface area (Å²) in [5.41, 5.74) is -0.660. The second kappa shape index (κ2) is 4.90. The standard InChI is InChI=1S/C10H4Cl2F3IN2/c11-5-2-1-3-6(9(5)12)18-8(16)4-7(17-18)10(13,14)15/h1-4H. The largest absolute Gasteiger partial charge is 0.435 e. The van der Waals surface area contributed by atoms with Crippen LogP contribution >= 0.6 is 45.8 Å². The Bertz CT molecular complexity index is 595. The molecule has 0 saturated carbocycles. The molecule has 0 saturated heterocycles.